The third-order valence-electron chi connectivity index (χ3n) is 3.90. The molecule has 0 bridgehead atoms. The molecule has 0 heterocycles. The second kappa shape index (κ2) is 7.12. The van der Waals surface area contributed by atoms with Gasteiger partial charge < -0.3 is 5.32 Å². The predicted molar refractivity (Wildman–Crippen MR) is 88.2 cm³/mol. The normalized spacial score (nSPS) is 14.2. The van der Waals surface area contributed by atoms with Crippen molar-refractivity contribution in [2.24, 2.45) is 5.92 Å². The summed E-state index contributed by atoms with van der Waals surface area (Å²) in [5.74, 6) is -1.36. The zero-order valence-electron chi connectivity index (χ0n) is 14.1. The molecule has 0 radical (unpaired) electrons. The fourth-order valence-corrected chi connectivity index (χ4v) is 2.91. The molecule has 1 aromatic carbocycles. The number of aryl methyl sites for hydroxylation is 1. The van der Waals surface area contributed by atoms with Crippen LogP contribution in [0.1, 0.15) is 39.7 Å². The van der Waals surface area contributed by atoms with Gasteiger partial charge in [0.25, 0.3) is 15.9 Å². The van der Waals surface area contributed by atoms with Gasteiger partial charge >= 0.3 is 0 Å². The van der Waals surface area contributed by atoms with Gasteiger partial charge in [-0.1, -0.05) is 38.5 Å². The number of carbonyl (C=O) groups excluding carboxylic acids is 2. The third kappa shape index (κ3) is 4.54. The van der Waals surface area contributed by atoms with Crippen LogP contribution in [0.25, 0.3) is 0 Å². The highest BCUT2D eigenvalue weighted by atomic mass is 32.2. The van der Waals surface area contributed by atoms with Gasteiger partial charge in [0, 0.05) is 6.42 Å². The van der Waals surface area contributed by atoms with Crippen LogP contribution >= 0.6 is 0 Å². The second-order valence-corrected chi connectivity index (χ2v) is 7.69. The minimum Gasteiger partial charge on any atom is -0.342 e. The minimum atomic E-state index is -3.99. The molecule has 7 heteroatoms. The monoisotopic (exact) mass is 340 g/mol. The van der Waals surface area contributed by atoms with E-state index in [1.165, 1.54) is 19.1 Å². The van der Waals surface area contributed by atoms with Gasteiger partial charge in [-0.05, 0) is 31.9 Å². The Morgan fingerprint density at radius 1 is 1.17 bits per heavy atom. The van der Waals surface area contributed by atoms with E-state index in [1.54, 1.807) is 32.9 Å². The molecule has 1 unspecified atom stereocenters. The van der Waals surface area contributed by atoms with Crippen LogP contribution in [0.3, 0.4) is 0 Å². The molecular formula is C16H24N2O4S. The fraction of sp³-hybridized carbons (Fsp3) is 0.500. The molecule has 2 amide bonds. The Morgan fingerprint density at radius 2 is 1.70 bits per heavy atom. The molecule has 0 aliphatic rings. The summed E-state index contributed by atoms with van der Waals surface area (Å²) >= 11 is 0. The van der Waals surface area contributed by atoms with E-state index in [4.69, 9.17) is 0 Å². The Kier molecular flexibility index (Phi) is 5.93. The number of hydrogen-bond donors (Lipinski definition) is 2. The Bertz CT molecular complexity index is 681. The first-order chi connectivity index (χ1) is 10.5. The quantitative estimate of drug-likeness (QED) is 0.825. The highest BCUT2D eigenvalue weighted by Crippen LogP contribution is 2.19. The van der Waals surface area contributed by atoms with Gasteiger partial charge in [-0.3, -0.25) is 9.59 Å². The van der Waals surface area contributed by atoms with Crippen molar-refractivity contribution >= 4 is 21.8 Å². The van der Waals surface area contributed by atoms with Crippen LogP contribution in [0, 0.1) is 12.8 Å². The van der Waals surface area contributed by atoms with Gasteiger partial charge in [0.2, 0.25) is 5.91 Å². The van der Waals surface area contributed by atoms with Gasteiger partial charge in [0.05, 0.1) is 4.90 Å². The lowest BCUT2D eigenvalue weighted by Gasteiger charge is -2.33. The molecule has 23 heavy (non-hydrogen) atoms. The summed E-state index contributed by atoms with van der Waals surface area (Å²) in [6.07, 6.45) is 0.209. The smallest absolute Gasteiger partial charge is 0.264 e. The van der Waals surface area contributed by atoms with Gasteiger partial charge in [0.1, 0.15) is 5.54 Å². The van der Waals surface area contributed by atoms with Crippen molar-refractivity contribution in [2.45, 2.75) is 51.5 Å². The molecule has 1 aromatic rings. The maximum Gasteiger partial charge on any atom is 0.264 e. The zero-order chi connectivity index (χ0) is 17.8. The minimum absolute atomic E-state index is 0.00405. The number of sulfonamides is 1. The lowest BCUT2D eigenvalue weighted by Crippen LogP contribution is -2.60. The molecule has 0 aliphatic carbocycles. The first-order valence-corrected chi connectivity index (χ1v) is 8.96. The topological polar surface area (TPSA) is 92.3 Å². The van der Waals surface area contributed by atoms with Gasteiger partial charge in [-0.15, -0.1) is 0 Å². The molecule has 0 fully saturated rings. The van der Waals surface area contributed by atoms with Crippen molar-refractivity contribution in [2.75, 3.05) is 0 Å². The second-order valence-electron chi connectivity index (χ2n) is 6.01. The van der Waals surface area contributed by atoms with Gasteiger partial charge in [-0.25, -0.2) is 13.1 Å². The van der Waals surface area contributed by atoms with Crippen LogP contribution in [-0.4, -0.2) is 25.8 Å². The average Bonchev–Trinajstić information content (AvgIpc) is 2.46. The van der Waals surface area contributed by atoms with Crippen LogP contribution in [0.2, 0.25) is 0 Å². The summed E-state index contributed by atoms with van der Waals surface area (Å²) in [6, 6.07) is 6.17. The molecule has 2 N–H and O–H groups in total. The summed E-state index contributed by atoms with van der Waals surface area (Å²) in [5, 5.41) is 2.61. The summed E-state index contributed by atoms with van der Waals surface area (Å²) < 4.78 is 26.7. The van der Waals surface area contributed by atoms with Crippen molar-refractivity contribution < 1.29 is 18.0 Å². The number of amides is 2. The van der Waals surface area contributed by atoms with E-state index in [0.717, 1.165) is 5.56 Å². The third-order valence-corrected chi connectivity index (χ3v) is 5.25. The standard InChI is InChI=1S/C16H24N2O4S/c1-6-14(19)17-16(5,11(2)3)15(20)18-23(21,22)13-9-7-12(4)8-10-13/h7-11H,6H2,1-5H3,(H,17,19)(H,18,20). The number of rotatable bonds is 6. The molecule has 0 saturated heterocycles. The van der Waals surface area contributed by atoms with E-state index in [2.05, 4.69) is 10.0 Å². The first-order valence-electron chi connectivity index (χ1n) is 7.48. The molecule has 1 atom stereocenters. The lowest BCUT2D eigenvalue weighted by molar-refractivity contribution is -0.133. The molecule has 0 aromatic heterocycles. The van der Waals surface area contributed by atoms with Gasteiger partial charge in [0.15, 0.2) is 0 Å². The van der Waals surface area contributed by atoms with E-state index < -0.39 is 21.5 Å². The van der Waals surface area contributed by atoms with Crippen LogP contribution in [0.4, 0.5) is 0 Å². The predicted octanol–water partition coefficient (Wildman–Crippen LogP) is 1.74. The number of hydrogen-bond acceptors (Lipinski definition) is 4. The zero-order valence-corrected chi connectivity index (χ0v) is 15.0. The van der Waals surface area contributed by atoms with E-state index >= 15 is 0 Å². The Balaban J connectivity index is 3.06. The number of nitrogens with one attached hydrogen (secondary N) is 2. The van der Waals surface area contributed by atoms with Crippen LogP contribution < -0.4 is 10.0 Å². The Labute approximate surface area is 137 Å². The van der Waals surface area contributed by atoms with Crippen molar-refractivity contribution in [3.05, 3.63) is 29.8 Å². The molecule has 1 rings (SSSR count). The highest BCUT2D eigenvalue weighted by molar-refractivity contribution is 7.90. The van der Waals surface area contributed by atoms with E-state index in [-0.39, 0.29) is 23.1 Å². The molecular weight excluding hydrogens is 316 g/mol. The van der Waals surface area contributed by atoms with E-state index in [9.17, 15) is 18.0 Å². The molecule has 0 saturated carbocycles. The highest BCUT2D eigenvalue weighted by Gasteiger charge is 2.39. The summed E-state index contributed by atoms with van der Waals surface area (Å²) in [4.78, 5) is 24.2. The van der Waals surface area contributed by atoms with Crippen LogP contribution in [0.5, 0.6) is 0 Å². The fourth-order valence-electron chi connectivity index (χ4n) is 1.85. The molecule has 0 spiro atoms. The average molecular weight is 340 g/mol. The molecule has 128 valence electrons. The van der Waals surface area contributed by atoms with Gasteiger partial charge in [-0.2, -0.15) is 0 Å². The number of carbonyl (C=O) groups is 2. The van der Waals surface area contributed by atoms with Crippen molar-refractivity contribution in [1.82, 2.24) is 10.0 Å². The SMILES string of the molecule is CCC(=O)NC(C)(C(=O)NS(=O)(=O)c1ccc(C)cc1)C(C)C. The van der Waals surface area contributed by atoms with Crippen LogP contribution in [0.15, 0.2) is 29.2 Å². The number of benzene rings is 1. The Hall–Kier alpha value is -1.89. The molecule has 6 nitrogen and oxygen atoms in total. The van der Waals surface area contributed by atoms with E-state index in [1.807, 2.05) is 6.92 Å². The maximum atomic E-state index is 12.5. The summed E-state index contributed by atoms with van der Waals surface area (Å²) in [7, 11) is -3.99. The lowest BCUT2D eigenvalue weighted by atomic mass is 9.87. The largest absolute Gasteiger partial charge is 0.342 e. The van der Waals surface area contributed by atoms with Crippen molar-refractivity contribution in [3.8, 4) is 0 Å². The summed E-state index contributed by atoms with van der Waals surface area (Å²) in [6.45, 7) is 8.51. The summed E-state index contributed by atoms with van der Waals surface area (Å²) in [5.41, 5.74) is -0.400. The maximum absolute atomic E-state index is 12.5. The first kappa shape index (κ1) is 19.2. The van der Waals surface area contributed by atoms with E-state index in [0.29, 0.717) is 0 Å². The molecule has 0 aliphatic heterocycles. The van der Waals surface area contributed by atoms with Crippen molar-refractivity contribution in [3.63, 3.8) is 0 Å². The van der Waals surface area contributed by atoms with Crippen molar-refractivity contribution in [1.29, 1.82) is 0 Å². The van der Waals surface area contributed by atoms with Crippen LogP contribution in [-0.2, 0) is 19.6 Å². The Morgan fingerprint density at radius 3 is 2.13 bits per heavy atom.